The standard InChI is InChI=1S/C19H20FN3O3/c20-16-3-1-2-15(10-16)17-12-23(8-9-26-17)18(24)14-6-4-13(5-7-14)11-22-19(21)25/h1-7,10,17H,8-9,11-12H2,(H3,21,22,25). The summed E-state index contributed by atoms with van der Waals surface area (Å²) >= 11 is 0. The van der Waals surface area contributed by atoms with Crippen molar-refractivity contribution >= 4 is 11.9 Å². The smallest absolute Gasteiger partial charge is 0.312 e. The summed E-state index contributed by atoms with van der Waals surface area (Å²) < 4.78 is 19.1. The van der Waals surface area contributed by atoms with Gasteiger partial charge in [-0.25, -0.2) is 9.18 Å². The van der Waals surface area contributed by atoms with E-state index in [4.69, 9.17) is 10.5 Å². The minimum absolute atomic E-state index is 0.107. The Balaban J connectivity index is 1.66. The number of urea groups is 1. The second-order valence-electron chi connectivity index (χ2n) is 6.08. The van der Waals surface area contributed by atoms with Crippen molar-refractivity contribution in [1.82, 2.24) is 10.2 Å². The minimum Gasteiger partial charge on any atom is -0.370 e. The molecule has 0 radical (unpaired) electrons. The summed E-state index contributed by atoms with van der Waals surface area (Å²) in [5.41, 5.74) is 7.15. The first-order valence-electron chi connectivity index (χ1n) is 8.31. The SMILES string of the molecule is NC(=O)NCc1ccc(C(=O)N2CCOC(c3cccc(F)c3)C2)cc1. The van der Waals surface area contributed by atoms with Gasteiger partial charge in [0.1, 0.15) is 11.9 Å². The van der Waals surface area contributed by atoms with Gasteiger partial charge in [0.2, 0.25) is 0 Å². The zero-order valence-electron chi connectivity index (χ0n) is 14.2. The number of nitrogens with one attached hydrogen (secondary N) is 1. The molecule has 1 aliphatic heterocycles. The molecular formula is C19H20FN3O3. The molecule has 3 N–H and O–H groups in total. The van der Waals surface area contributed by atoms with Crippen LogP contribution in [0.5, 0.6) is 0 Å². The summed E-state index contributed by atoms with van der Waals surface area (Å²) in [4.78, 5) is 25.2. The third-order valence-electron chi connectivity index (χ3n) is 4.24. The Morgan fingerprint density at radius 2 is 2.00 bits per heavy atom. The van der Waals surface area contributed by atoms with Gasteiger partial charge in [-0.1, -0.05) is 24.3 Å². The Morgan fingerprint density at radius 3 is 2.69 bits per heavy atom. The van der Waals surface area contributed by atoms with Crippen molar-refractivity contribution in [2.24, 2.45) is 5.73 Å². The zero-order valence-corrected chi connectivity index (χ0v) is 14.2. The predicted octanol–water partition coefficient (Wildman–Crippen LogP) is 2.21. The molecule has 1 heterocycles. The summed E-state index contributed by atoms with van der Waals surface area (Å²) in [6.07, 6.45) is -0.345. The summed E-state index contributed by atoms with van der Waals surface area (Å²) in [7, 11) is 0. The number of carbonyl (C=O) groups is 2. The lowest BCUT2D eigenvalue weighted by atomic mass is 10.1. The molecule has 2 aromatic carbocycles. The molecule has 0 aliphatic carbocycles. The van der Waals surface area contributed by atoms with Crippen LogP contribution < -0.4 is 11.1 Å². The minimum atomic E-state index is -0.595. The number of hydrogen-bond acceptors (Lipinski definition) is 3. The summed E-state index contributed by atoms with van der Waals surface area (Å²) in [6, 6.07) is 12.6. The lowest BCUT2D eigenvalue weighted by molar-refractivity contribution is -0.0229. The van der Waals surface area contributed by atoms with Crippen LogP contribution in [0.15, 0.2) is 48.5 Å². The van der Waals surface area contributed by atoms with Gasteiger partial charge in [-0.2, -0.15) is 0 Å². The van der Waals surface area contributed by atoms with E-state index in [0.717, 1.165) is 11.1 Å². The van der Waals surface area contributed by atoms with Crippen LogP contribution in [-0.2, 0) is 11.3 Å². The van der Waals surface area contributed by atoms with Gasteiger partial charge in [0.15, 0.2) is 0 Å². The first-order chi connectivity index (χ1) is 12.5. The van der Waals surface area contributed by atoms with E-state index < -0.39 is 6.03 Å². The van der Waals surface area contributed by atoms with Crippen LogP contribution in [-0.4, -0.2) is 36.5 Å². The number of nitrogens with two attached hydrogens (primary N) is 1. The second-order valence-corrected chi connectivity index (χ2v) is 6.08. The Labute approximate surface area is 150 Å². The lowest BCUT2D eigenvalue weighted by Crippen LogP contribution is -2.42. The Bertz CT molecular complexity index is 795. The highest BCUT2D eigenvalue weighted by Gasteiger charge is 2.26. The molecule has 1 aliphatic rings. The molecule has 0 bridgehead atoms. The summed E-state index contributed by atoms with van der Waals surface area (Å²) in [5.74, 6) is -0.432. The van der Waals surface area contributed by atoms with Crippen LogP contribution in [0.1, 0.15) is 27.6 Å². The van der Waals surface area contributed by atoms with E-state index in [1.54, 1.807) is 41.3 Å². The van der Waals surface area contributed by atoms with Gasteiger partial charge < -0.3 is 20.7 Å². The molecule has 1 unspecified atom stereocenters. The number of hydrogen-bond donors (Lipinski definition) is 2. The van der Waals surface area contributed by atoms with Crippen molar-refractivity contribution in [2.75, 3.05) is 19.7 Å². The molecule has 136 valence electrons. The number of morpholine rings is 1. The van der Waals surface area contributed by atoms with Crippen LogP contribution in [0.2, 0.25) is 0 Å². The monoisotopic (exact) mass is 357 g/mol. The van der Waals surface area contributed by atoms with Gasteiger partial charge in [0.25, 0.3) is 5.91 Å². The molecule has 0 spiro atoms. The fourth-order valence-electron chi connectivity index (χ4n) is 2.88. The molecule has 26 heavy (non-hydrogen) atoms. The van der Waals surface area contributed by atoms with Crippen LogP contribution in [0.4, 0.5) is 9.18 Å². The van der Waals surface area contributed by atoms with Crippen molar-refractivity contribution in [3.8, 4) is 0 Å². The maximum Gasteiger partial charge on any atom is 0.312 e. The molecule has 0 aromatic heterocycles. The van der Waals surface area contributed by atoms with Crippen molar-refractivity contribution < 1.29 is 18.7 Å². The number of carbonyl (C=O) groups excluding carboxylic acids is 2. The van der Waals surface area contributed by atoms with Gasteiger partial charge >= 0.3 is 6.03 Å². The second kappa shape index (κ2) is 7.97. The molecule has 1 atom stereocenters. The molecule has 7 heteroatoms. The number of benzene rings is 2. The van der Waals surface area contributed by atoms with E-state index in [1.807, 2.05) is 0 Å². The highest BCUT2D eigenvalue weighted by atomic mass is 19.1. The fraction of sp³-hybridized carbons (Fsp3) is 0.263. The van der Waals surface area contributed by atoms with E-state index in [2.05, 4.69) is 5.32 Å². The average Bonchev–Trinajstić information content (AvgIpc) is 2.66. The Morgan fingerprint density at radius 1 is 1.23 bits per heavy atom. The first-order valence-corrected chi connectivity index (χ1v) is 8.31. The maximum absolute atomic E-state index is 13.4. The number of amides is 3. The molecule has 1 saturated heterocycles. The molecule has 3 amide bonds. The first kappa shape index (κ1) is 17.9. The summed E-state index contributed by atoms with van der Waals surface area (Å²) in [5, 5.41) is 2.50. The quantitative estimate of drug-likeness (QED) is 0.880. The highest BCUT2D eigenvalue weighted by molar-refractivity contribution is 5.94. The number of primary amides is 1. The third-order valence-corrected chi connectivity index (χ3v) is 4.24. The topological polar surface area (TPSA) is 84.7 Å². The van der Waals surface area contributed by atoms with Gasteiger partial charge in [0, 0.05) is 18.7 Å². The van der Waals surface area contributed by atoms with E-state index in [1.165, 1.54) is 12.1 Å². The maximum atomic E-state index is 13.4. The molecule has 2 aromatic rings. The number of rotatable bonds is 4. The van der Waals surface area contributed by atoms with Gasteiger partial charge in [-0.05, 0) is 35.4 Å². The fourth-order valence-corrected chi connectivity index (χ4v) is 2.88. The third kappa shape index (κ3) is 4.37. The van der Waals surface area contributed by atoms with E-state index in [-0.39, 0.29) is 17.8 Å². The Hall–Kier alpha value is -2.93. The van der Waals surface area contributed by atoms with Crippen LogP contribution in [0.3, 0.4) is 0 Å². The van der Waals surface area contributed by atoms with Crippen molar-refractivity contribution in [3.05, 3.63) is 71.0 Å². The van der Waals surface area contributed by atoms with Gasteiger partial charge in [0.05, 0.1) is 13.2 Å². The van der Waals surface area contributed by atoms with E-state index in [9.17, 15) is 14.0 Å². The Kier molecular flexibility index (Phi) is 5.48. The molecule has 0 saturated carbocycles. The molecule has 1 fully saturated rings. The van der Waals surface area contributed by atoms with Gasteiger partial charge in [-0.3, -0.25) is 4.79 Å². The van der Waals surface area contributed by atoms with Crippen molar-refractivity contribution in [3.63, 3.8) is 0 Å². The zero-order chi connectivity index (χ0) is 18.5. The van der Waals surface area contributed by atoms with E-state index >= 15 is 0 Å². The predicted molar refractivity (Wildman–Crippen MR) is 93.9 cm³/mol. The molecule has 6 nitrogen and oxygen atoms in total. The van der Waals surface area contributed by atoms with Crippen molar-refractivity contribution in [2.45, 2.75) is 12.6 Å². The number of ether oxygens (including phenoxy) is 1. The largest absolute Gasteiger partial charge is 0.370 e. The normalized spacial score (nSPS) is 17.0. The van der Waals surface area contributed by atoms with Gasteiger partial charge in [-0.15, -0.1) is 0 Å². The van der Waals surface area contributed by atoms with E-state index in [0.29, 0.717) is 31.8 Å². The average molecular weight is 357 g/mol. The van der Waals surface area contributed by atoms with Crippen LogP contribution >= 0.6 is 0 Å². The van der Waals surface area contributed by atoms with Crippen LogP contribution in [0, 0.1) is 5.82 Å². The molecule has 3 rings (SSSR count). The lowest BCUT2D eigenvalue weighted by Gasteiger charge is -2.33. The number of halogens is 1. The summed E-state index contributed by atoms with van der Waals surface area (Å²) in [6.45, 7) is 1.55. The van der Waals surface area contributed by atoms with Crippen molar-refractivity contribution in [1.29, 1.82) is 0 Å². The highest BCUT2D eigenvalue weighted by Crippen LogP contribution is 2.24. The number of nitrogens with zero attached hydrogens (tertiary/aromatic N) is 1. The van der Waals surface area contributed by atoms with Crippen LogP contribution in [0.25, 0.3) is 0 Å². The molecular weight excluding hydrogens is 337 g/mol.